The first kappa shape index (κ1) is 17.1. The molecule has 0 radical (unpaired) electrons. The second-order valence-corrected chi connectivity index (χ2v) is 6.70. The third-order valence-electron chi connectivity index (χ3n) is 3.70. The smallest absolute Gasteiger partial charge is 0.127 e. The molecule has 0 aliphatic carbocycles. The zero-order chi connectivity index (χ0) is 15.3. The van der Waals surface area contributed by atoms with E-state index in [2.05, 4.69) is 44.8 Å². The molecule has 114 valence electrons. The van der Waals surface area contributed by atoms with Crippen LogP contribution in [0.5, 0.6) is 0 Å². The maximum Gasteiger partial charge on any atom is 0.127 e. The maximum atomic E-state index is 13.9. The Balaban J connectivity index is 2.76. The monoisotopic (exact) mass is 280 g/mol. The Morgan fingerprint density at radius 1 is 1.30 bits per heavy atom. The van der Waals surface area contributed by atoms with Crippen LogP contribution in [0.3, 0.4) is 0 Å². The molecule has 1 N–H and O–H groups in total. The average molecular weight is 280 g/mol. The summed E-state index contributed by atoms with van der Waals surface area (Å²) < 4.78 is 13.9. The molecular formula is C17H29FN2. The summed E-state index contributed by atoms with van der Waals surface area (Å²) in [6, 6.07) is 5.89. The highest BCUT2D eigenvalue weighted by atomic mass is 19.1. The molecule has 1 atom stereocenters. The van der Waals surface area contributed by atoms with E-state index in [-0.39, 0.29) is 11.4 Å². The van der Waals surface area contributed by atoms with Gasteiger partial charge in [0.1, 0.15) is 5.82 Å². The molecular weight excluding hydrogens is 251 g/mol. The van der Waals surface area contributed by atoms with E-state index in [9.17, 15) is 4.39 Å². The number of halogens is 1. The Bertz CT molecular complexity index is 423. The van der Waals surface area contributed by atoms with Gasteiger partial charge in [0.15, 0.2) is 0 Å². The van der Waals surface area contributed by atoms with Crippen molar-refractivity contribution in [3.63, 3.8) is 0 Å². The van der Waals surface area contributed by atoms with Gasteiger partial charge in [-0.3, -0.25) is 4.90 Å². The topological polar surface area (TPSA) is 15.3 Å². The van der Waals surface area contributed by atoms with Gasteiger partial charge in [0.2, 0.25) is 0 Å². The lowest BCUT2D eigenvalue weighted by molar-refractivity contribution is 0.240. The molecule has 1 unspecified atom stereocenters. The Hall–Kier alpha value is -0.930. The van der Waals surface area contributed by atoms with Crippen molar-refractivity contribution in [2.24, 2.45) is 0 Å². The minimum Gasteiger partial charge on any atom is -0.308 e. The fourth-order valence-corrected chi connectivity index (χ4v) is 1.96. The van der Waals surface area contributed by atoms with Crippen molar-refractivity contribution in [1.82, 2.24) is 10.2 Å². The molecule has 0 fully saturated rings. The molecule has 3 heteroatoms. The normalized spacial score (nSPS) is 13.8. The van der Waals surface area contributed by atoms with Crippen LogP contribution in [0.2, 0.25) is 0 Å². The van der Waals surface area contributed by atoms with Gasteiger partial charge in [-0.25, -0.2) is 4.39 Å². The third kappa shape index (κ3) is 5.59. The molecule has 0 aliphatic rings. The second-order valence-electron chi connectivity index (χ2n) is 6.70. The minimum atomic E-state index is -0.111. The van der Waals surface area contributed by atoms with Gasteiger partial charge in [-0.1, -0.05) is 19.1 Å². The van der Waals surface area contributed by atoms with Gasteiger partial charge in [0, 0.05) is 30.2 Å². The number of rotatable bonds is 6. The lowest BCUT2D eigenvalue weighted by Crippen LogP contribution is -2.35. The van der Waals surface area contributed by atoms with Gasteiger partial charge < -0.3 is 5.32 Å². The summed E-state index contributed by atoms with van der Waals surface area (Å²) in [6.07, 6.45) is 1.07. The van der Waals surface area contributed by atoms with Crippen LogP contribution in [0.15, 0.2) is 18.2 Å². The van der Waals surface area contributed by atoms with Gasteiger partial charge in [-0.15, -0.1) is 0 Å². The van der Waals surface area contributed by atoms with Crippen molar-refractivity contribution in [3.05, 3.63) is 35.1 Å². The van der Waals surface area contributed by atoms with Crippen molar-refractivity contribution >= 4 is 0 Å². The molecule has 20 heavy (non-hydrogen) atoms. The van der Waals surface area contributed by atoms with Gasteiger partial charge in [-0.05, 0) is 52.8 Å². The molecule has 1 aromatic rings. The van der Waals surface area contributed by atoms with Crippen LogP contribution in [-0.2, 0) is 13.1 Å². The quantitative estimate of drug-likeness (QED) is 0.849. The van der Waals surface area contributed by atoms with Crippen LogP contribution in [0.1, 0.15) is 52.2 Å². The van der Waals surface area contributed by atoms with Crippen LogP contribution < -0.4 is 5.32 Å². The number of benzene rings is 1. The fourth-order valence-electron chi connectivity index (χ4n) is 1.96. The predicted molar refractivity (Wildman–Crippen MR) is 84.2 cm³/mol. The lowest BCUT2D eigenvalue weighted by atomic mass is 10.1. The maximum absolute atomic E-state index is 13.9. The van der Waals surface area contributed by atoms with Gasteiger partial charge in [0.05, 0.1) is 0 Å². The Kier molecular flexibility index (Phi) is 6.15. The molecule has 0 saturated carbocycles. The van der Waals surface area contributed by atoms with E-state index in [1.165, 1.54) is 0 Å². The van der Waals surface area contributed by atoms with Crippen LogP contribution in [0.4, 0.5) is 4.39 Å². The van der Waals surface area contributed by atoms with E-state index in [0.29, 0.717) is 12.6 Å². The molecule has 1 aromatic carbocycles. The lowest BCUT2D eigenvalue weighted by Gasteiger charge is -2.24. The molecule has 0 aromatic heterocycles. The van der Waals surface area contributed by atoms with Crippen LogP contribution in [-0.4, -0.2) is 23.5 Å². The Labute approximate surface area is 123 Å². The summed E-state index contributed by atoms with van der Waals surface area (Å²) in [5.74, 6) is -0.111. The third-order valence-corrected chi connectivity index (χ3v) is 3.70. The highest BCUT2D eigenvalue weighted by molar-refractivity contribution is 5.25. The van der Waals surface area contributed by atoms with Gasteiger partial charge in [-0.2, -0.15) is 0 Å². The molecule has 0 heterocycles. The first-order chi connectivity index (χ1) is 9.23. The largest absolute Gasteiger partial charge is 0.308 e. The highest BCUT2D eigenvalue weighted by Crippen LogP contribution is 2.15. The first-order valence-corrected chi connectivity index (χ1v) is 7.45. The molecule has 2 nitrogen and oxygen atoms in total. The molecule has 0 aliphatic heterocycles. The molecule has 0 amide bonds. The Morgan fingerprint density at radius 2 is 1.95 bits per heavy atom. The van der Waals surface area contributed by atoms with Gasteiger partial charge in [0.25, 0.3) is 0 Å². The van der Waals surface area contributed by atoms with E-state index < -0.39 is 0 Å². The first-order valence-electron chi connectivity index (χ1n) is 7.45. The summed E-state index contributed by atoms with van der Waals surface area (Å²) >= 11 is 0. The molecule has 0 saturated heterocycles. The van der Waals surface area contributed by atoms with E-state index in [1.54, 1.807) is 6.07 Å². The van der Waals surface area contributed by atoms with E-state index in [4.69, 9.17) is 0 Å². The van der Waals surface area contributed by atoms with E-state index in [0.717, 1.165) is 24.1 Å². The zero-order valence-corrected chi connectivity index (χ0v) is 13.8. The Morgan fingerprint density at radius 3 is 2.50 bits per heavy atom. The second kappa shape index (κ2) is 7.19. The van der Waals surface area contributed by atoms with E-state index in [1.807, 2.05) is 19.2 Å². The molecule has 0 bridgehead atoms. The SMILES string of the molecule is CCC(C)N(C)Cc1cc(CNC(C)(C)C)ccc1F. The summed E-state index contributed by atoms with van der Waals surface area (Å²) in [5.41, 5.74) is 1.98. The summed E-state index contributed by atoms with van der Waals surface area (Å²) in [6.45, 7) is 12.1. The van der Waals surface area contributed by atoms with Crippen LogP contribution in [0, 0.1) is 5.82 Å². The number of hydrogen-bond acceptors (Lipinski definition) is 2. The number of nitrogens with one attached hydrogen (secondary N) is 1. The average Bonchev–Trinajstić information content (AvgIpc) is 2.37. The summed E-state index contributed by atoms with van der Waals surface area (Å²) in [5, 5.41) is 3.44. The van der Waals surface area contributed by atoms with Crippen molar-refractivity contribution in [1.29, 1.82) is 0 Å². The van der Waals surface area contributed by atoms with Gasteiger partial charge >= 0.3 is 0 Å². The van der Waals surface area contributed by atoms with Crippen molar-refractivity contribution in [2.75, 3.05) is 7.05 Å². The summed E-state index contributed by atoms with van der Waals surface area (Å²) in [7, 11) is 2.05. The van der Waals surface area contributed by atoms with E-state index >= 15 is 0 Å². The highest BCUT2D eigenvalue weighted by Gasteiger charge is 2.12. The van der Waals surface area contributed by atoms with Crippen molar-refractivity contribution in [2.45, 2.75) is 65.7 Å². The standard InChI is InChI=1S/C17H29FN2/c1-7-13(2)20(6)12-15-10-14(8-9-16(15)18)11-19-17(3,4)5/h8-10,13,19H,7,11-12H2,1-6H3. The van der Waals surface area contributed by atoms with Crippen LogP contribution >= 0.6 is 0 Å². The van der Waals surface area contributed by atoms with Crippen LogP contribution in [0.25, 0.3) is 0 Å². The molecule has 1 rings (SSSR count). The zero-order valence-electron chi connectivity index (χ0n) is 13.8. The fraction of sp³-hybridized carbons (Fsp3) is 0.647. The van der Waals surface area contributed by atoms with Crippen molar-refractivity contribution < 1.29 is 4.39 Å². The number of hydrogen-bond donors (Lipinski definition) is 1. The van der Waals surface area contributed by atoms with Crippen molar-refractivity contribution in [3.8, 4) is 0 Å². The predicted octanol–water partition coefficient (Wildman–Crippen LogP) is 3.94. The summed E-state index contributed by atoms with van der Waals surface area (Å²) in [4.78, 5) is 2.19. The molecule has 0 spiro atoms. The minimum absolute atomic E-state index is 0.0715. The number of nitrogens with zero attached hydrogens (tertiary/aromatic N) is 1.